The van der Waals surface area contributed by atoms with E-state index in [2.05, 4.69) is 15.5 Å². The molecule has 17 heavy (non-hydrogen) atoms. The first-order chi connectivity index (χ1) is 8.24. The Balaban J connectivity index is 1.82. The van der Waals surface area contributed by atoms with Crippen LogP contribution in [0.4, 0.5) is 10.1 Å². The summed E-state index contributed by atoms with van der Waals surface area (Å²) < 4.78 is 12.6. The summed E-state index contributed by atoms with van der Waals surface area (Å²) in [6.45, 7) is 0. The van der Waals surface area contributed by atoms with Crippen molar-refractivity contribution in [3.63, 3.8) is 0 Å². The molecule has 2 aromatic rings. The maximum absolute atomic E-state index is 12.6. The number of H-pyrrole nitrogens is 1. The maximum Gasteiger partial charge on any atom is 0.234 e. The Bertz CT molecular complexity index is 484. The zero-order chi connectivity index (χ0) is 12.1. The maximum atomic E-state index is 12.6. The molecule has 1 amide bonds. The highest BCUT2D eigenvalue weighted by Gasteiger charge is 2.04. The van der Waals surface area contributed by atoms with Gasteiger partial charge in [0.1, 0.15) is 5.82 Å². The smallest absolute Gasteiger partial charge is 0.234 e. The molecule has 0 bridgehead atoms. The highest BCUT2D eigenvalue weighted by atomic mass is 32.2. The lowest BCUT2D eigenvalue weighted by Crippen LogP contribution is -2.13. The van der Waals surface area contributed by atoms with Gasteiger partial charge in [0.05, 0.1) is 17.6 Å². The lowest BCUT2D eigenvalue weighted by atomic mass is 10.4. The molecule has 0 saturated carbocycles. The molecule has 1 heterocycles. The van der Waals surface area contributed by atoms with Crippen molar-refractivity contribution in [3.8, 4) is 0 Å². The minimum absolute atomic E-state index is 0.124. The highest BCUT2D eigenvalue weighted by molar-refractivity contribution is 8.00. The molecule has 0 spiro atoms. The average molecular weight is 251 g/mol. The van der Waals surface area contributed by atoms with Crippen LogP contribution in [0.25, 0.3) is 0 Å². The van der Waals surface area contributed by atoms with Crippen molar-refractivity contribution < 1.29 is 9.18 Å². The molecular formula is C11H10FN3OS. The number of rotatable bonds is 4. The second-order valence-corrected chi connectivity index (χ2v) is 4.33. The Morgan fingerprint density at radius 3 is 2.82 bits per heavy atom. The van der Waals surface area contributed by atoms with Crippen molar-refractivity contribution in [2.45, 2.75) is 4.90 Å². The molecule has 1 aromatic carbocycles. The van der Waals surface area contributed by atoms with Gasteiger partial charge in [0, 0.05) is 11.1 Å². The highest BCUT2D eigenvalue weighted by Crippen LogP contribution is 2.18. The van der Waals surface area contributed by atoms with E-state index < -0.39 is 0 Å². The number of hydrogen-bond acceptors (Lipinski definition) is 3. The van der Waals surface area contributed by atoms with Crippen LogP contribution < -0.4 is 5.32 Å². The second kappa shape index (κ2) is 5.49. The minimum atomic E-state index is -0.280. The Morgan fingerprint density at radius 2 is 2.18 bits per heavy atom. The number of carbonyl (C=O) groups is 1. The number of amides is 1. The van der Waals surface area contributed by atoms with Gasteiger partial charge in [-0.2, -0.15) is 5.10 Å². The fraction of sp³-hybridized carbons (Fsp3) is 0.0909. The molecule has 0 saturated heterocycles. The number of carbonyl (C=O) groups excluding carboxylic acids is 1. The largest absolute Gasteiger partial charge is 0.323 e. The summed E-state index contributed by atoms with van der Waals surface area (Å²) in [7, 11) is 0. The average Bonchev–Trinajstić information content (AvgIpc) is 2.81. The predicted octanol–water partition coefficient (Wildman–Crippen LogP) is 2.28. The Morgan fingerprint density at radius 1 is 1.41 bits per heavy atom. The van der Waals surface area contributed by atoms with Crippen LogP contribution in [0.2, 0.25) is 0 Å². The molecular weight excluding hydrogens is 241 g/mol. The summed E-state index contributed by atoms with van der Waals surface area (Å²) in [5, 5.41) is 8.99. The number of aromatic nitrogens is 2. The number of aromatic amines is 1. The molecule has 0 unspecified atom stereocenters. The van der Waals surface area contributed by atoms with Crippen LogP contribution in [0, 0.1) is 5.82 Å². The topological polar surface area (TPSA) is 57.8 Å². The van der Waals surface area contributed by atoms with E-state index in [4.69, 9.17) is 0 Å². The summed E-state index contributed by atoms with van der Waals surface area (Å²) in [5.74, 6) is -0.130. The predicted molar refractivity (Wildman–Crippen MR) is 64.3 cm³/mol. The van der Waals surface area contributed by atoms with Gasteiger partial charge in [0.15, 0.2) is 0 Å². The van der Waals surface area contributed by atoms with E-state index in [1.807, 2.05) is 0 Å². The lowest BCUT2D eigenvalue weighted by Gasteiger charge is -2.02. The molecule has 6 heteroatoms. The van der Waals surface area contributed by atoms with E-state index in [0.29, 0.717) is 5.69 Å². The van der Waals surface area contributed by atoms with Crippen molar-refractivity contribution in [1.29, 1.82) is 0 Å². The third-order valence-electron chi connectivity index (χ3n) is 1.97. The standard InChI is InChI=1S/C11H10FN3OS/c12-8-1-3-10(4-2-8)17-7-11(16)15-9-5-13-14-6-9/h1-6H,7H2,(H,13,14)(H,15,16). The van der Waals surface area contributed by atoms with Crippen molar-refractivity contribution in [3.05, 3.63) is 42.5 Å². The van der Waals surface area contributed by atoms with Gasteiger partial charge in [-0.05, 0) is 24.3 Å². The van der Waals surface area contributed by atoms with Crippen LogP contribution in [0.5, 0.6) is 0 Å². The van der Waals surface area contributed by atoms with E-state index in [1.54, 1.807) is 18.3 Å². The number of nitrogens with one attached hydrogen (secondary N) is 2. The Kier molecular flexibility index (Phi) is 3.77. The number of hydrogen-bond donors (Lipinski definition) is 2. The van der Waals surface area contributed by atoms with Gasteiger partial charge in [0.2, 0.25) is 5.91 Å². The molecule has 2 rings (SSSR count). The van der Waals surface area contributed by atoms with Crippen molar-refractivity contribution >= 4 is 23.4 Å². The van der Waals surface area contributed by atoms with E-state index in [0.717, 1.165) is 4.90 Å². The quantitative estimate of drug-likeness (QED) is 0.820. The molecule has 0 atom stereocenters. The summed E-state index contributed by atoms with van der Waals surface area (Å²) in [5.41, 5.74) is 0.634. The molecule has 88 valence electrons. The van der Waals surface area contributed by atoms with E-state index >= 15 is 0 Å². The zero-order valence-electron chi connectivity index (χ0n) is 8.81. The zero-order valence-corrected chi connectivity index (χ0v) is 9.63. The molecule has 1 aromatic heterocycles. The summed E-state index contributed by atoms with van der Waals surface area (Å²) in [4.78, 5) is 12.4. The fourth-order valence-corrected chi connectivity index (χ4v) is 1.89. The van der Waals surface area contributed by atoms with Crippen LogP contribution in [0.1, 0.15) is 0 Å². The van der Waals surface area contributed by atoms with Gasteiger partial charge < -0.3 is 5.32 Å². The van der Waals surface area contributed by atoms with Gasteiger partial charge in [-0.1, -0.05) is 0 Å². The van der Waals surface area contributed by atoms with Gasteiger partial charge in [0.25, 0.3) is 0 Å². The number of anilines is 1. The molecule has 4 nitrogen and oxygen atoms in total. The van der Waals surface area contributed by atoms with Gasteiger partial charge in [-0.25, -0.2) is 4.39 Å². The summed E-state index contributed by atoms with van der Waals surface area (Å²) in [6.07, 6.45) is 3.13. The van der Waals surface area contributed by atoms with Crippen LogP contribution in [0.3, 0.4) is 0 Å². The van der Waals surface area contributed by atoms with Crippen molar-refractivity contribution in [2.75, 3.05) is 11.1 Å². The van der Waals surface area contributed by atoms with Crippen molar-refractivity contribution in [1.82, 2.24) is 10.2 Å². The molecule has 0 fully saturated rings. The monoisotopic (exact) mass is 251 g/mol. The van der Waals surface area contributed by atoms with Crippen LogP contribution in [-0.4, -0.2) is 21.9 Å². The van der Waals surface area contributed by atoms with E-state index in [-0.39, 0.29) is 17.5 Å². The van der Waals surface area contributed by atoms with Crippen LogP contribution in [0.15, 0.2) is 41.6 Å². The molecule has 2 N–H and O–H groups in total. The van der Waals surface area contributed by atoms with Gasteiger partial charge in [-0.3, -0.25) is 9.89 Å². The van der Waals surface area contributed by atoms with Crippen LogP contribution in [-0.2, 0) is 4.79 Å². The Labute approximate surface area is 102 Å². The van der Waals surface area contributed by atoms with Gasteiger partial charge >= 0.3 is 0 Å². The third-order valence-corrected chi connectivity index (χ3v) is 2.98. The SMILES string of the molecule is O=C(CSc1ccc(F)cc1)Nc1cn[nH]c1. The molecule has 0 aliphatic rings. The molecule has 0 radical (unpaired) electrons. The lowest BCUT2D eigenvalue weighted by molar-refractivity contribution is -0.113. The first kappa shape index (κ1) is 11.7. The molecule has 0 aliphatic carbocycles. The third kappa shape index (κ3) is 3.60. The van der Waals surface area contributed by atoms with E-state index in [9.17, 15) is 9.18 Å². The normalized spacial score (nSPS) is 10.2. The number of nitrogens with zero attached hydrogens (tertiary/aromatic N) is 1. The Hall–Kier alpha value is -1.82. The minimum Gasteiger partial charge on any atom is -0.323 e. The number of benzene rings is 1. The first-order valence-electron chi connectivity index (χ1n) is 4.91. The first-order valence-corrected chi connectivity index (χ1v) is 5.89. The number of thioether (sulfide) groups is 1. The van der Waals surface area contributed by atoms with Crippen molar-refractivity contribution in [2.24, 2.45) is 0 Å². The van der Waals surface area contributed by atoms with Crippen LogP contribution >= 0.6 is 11.8 Å². The summed E-state index contributed by atoms with van der Waals surface area (Å²) in [6, 6.07) is 6.03. The summed E-state index contributed by atoms with van der Waals surface area (Å²) >= 11 is 1.35. The second-order valence-electron chi connectivity index (χ2n) is 3.28. The molecule has 0 aliphatic heterocycles. The number of halogens is 1. The fourth-order valence-electron chi connectivity index (χ4n) is 1.20. The van der Waals surface area contributed by atoms with Gasteiger partial charge in [-0.15, -0.1) is 11.8 Å². The van der Waals surface area contributed by atoms with E-state index in [1.165, 1.54) is 30.1 Å².